The van der Waals surface area contributed by atoms with Crippen LogP contribution in [-0.2, 0) is 9.53 Å². The van der Waals surface area contributed by atoms with Gasteiger partial charge in [-0.05, 0) is 27.2 Å². The number of carboxylic acids is 1. The molecule has 5 heteroatoms. The summed E-state index contributed by atoms with van der Waals surface area (Å²) < 4.78 is 5.12. The number of ether oxygens (including phenoxy) is 1. The maximum atomic E-state index is 11.5. The number of amides is 1. The topological polar surface area (TPSA) is 69.7 Å². The monoisotopic (exact) mass is 214 g/mol. The Kier molecular flexibility index (Phi) is 3.21. The molecular formula is C10H16NO4-. The average Bonchev–Trinajstić information content (AvgIpc) is 2.47. The van der Waals surface area contributed by atoms with Gasteiger partial charge >= 0.3 is 6.09 Å². The van der Waals surface area contributed by atoms with E-state index in [-0.39, 0.29) is 6.54 Å². The van der Waals surface area contributed by atoms with Crippen molar-refractivity contribution in [3.8, 4) is 0 Å². The summed E-state index contributed by atoms with van der Waals surface area (Å²) in [5.74, 6) is -1.65. The molecule has 0 aromatic rings. The molecule has 0 saturated carbocycles. The van der Waals surface area contributed by atoms with Gasteiger partial charge in [0.15, 0.2) is 0 Å². The van der Waals surface area contributed by atoms with Crippen LogP contribution in [0.15, 0.2) is 0 Å². The van der Waals surface area contributed by atoms with E-state index in [1.165, 1.54) is 4.90 Å². The van der Waals surface area contributed by atoms with Crippen molar-refractivity contribution in [3.05, 3.63) is 0 Å². The van der Waals surface area contributed by atoms with Crippen LogP contribution in [0, 0.1) is 5.92 Å². The number of likely N-dealkylation sites (tertiary alicyclic amines) is 1. The van der Waals surface area contributed by atoms with Crippen molar-refractivity contribution in [2.45, 2.75) is 32.8 Å². The number of aliphatic carboxylic acids is 1. The third-order valence-corrected chi connectivity index (χ3v) is 2.17. The minimum Gasteiger partial charge on any atom is -0.550 e. The Bertz CT molecular complexity index is 269. The summed E-state index contributed by atoms with van der Waals surface area (Å²) in [6.07, 6.45) is -0.00654. The lowest BCUT2D eigenvalue weighted by molar-refractivity contribution is -0.310. The molecule has 1 saturated heterocycles. The fourth-order valence-electron chi connectivity index (χ4n) is 1.44. The van der Waals surface area contributed by atoms with Gasteiger partial charge in [0, 0.05) is 25.0 Å². The molecule has 0 aliphatic carbocycles. The first-order valence-corrected chi connectivity index (χ1v) is 4.98. The maximum absolute atomic E-state index is 11.5. The molecule has 86 valence electrons. The van der Waals surface area contributed by atoms with Crippen LogP contribution in [0.25, 0.3) is 0 Å². The highest BCUT2D eigenvalue weighted by Gasteiger charge is 2.30. The quantitative estimate of drug-likeness (QED) is 0.615. The number of carbonyl (C=O) groups is 2. The van der Waals surface area contributed by atoms with Crippen molar-refractivity contribution >= 4 is 12.1 Å². The Morgan fingerprint density at radius 2 is 2.00 bits per heavy atom. The molecule has 0 radical (unpaired) electrons. The minimum atomic E-state index is -1.10. The van der Waals surface area contributed by atoms with Crippen molar-refractivity contribution in [1.82, 2.24) is 4.90 Å². The van der Waals surface area contributed by atoms with Gasteiger partial charge in [-0.3, -0.25) is 0 Å². The summed E-state index contributed by atoms with van der Waals surface area (Å²) in [4.78, 5) is 23.5. The van der Waals surface area contributed by atoms with E-state index in [1.807, 2.05) is 0 Å². The van der Waals surface area contributed by atoms with Gasteiger partial charge in [-0.2, -0.15) is 0 Å². The molecule has 5 nitrogen and oxygen atoms in total. The largest absolute Gasteiger partial charge is 0.550 e. The van der Waals surface area contributed by atoms with Crippen LogP contribution in [0.2, 0.25) is 0 Å². The molecule has 0 spiro atoms. The van der Waals surface area contributed by atoms with Gasteiger partial charge < -0.3 is 19.5 Å². The van der Waals surface area contributed by atoms with Gasteiger partial charge in [-0.25, -0.2) is 4.79 Å². The molecule has 1 rings (SSSR count). The van der Waals surface area contributed by atoms with Crippen LogP contribution in [0.1, 0.15) is 27.2 Å². The molecule has 1 heterocycles. The third kappa shape index (κ3) is 3.42. The highest BCUT2D eigenvalue weighted by Crippen LogP contribution is 2.18. The van der Waals surface area contributed by atoms with Gasteiger partial charge in [0.2, 0.25) is 0 Å². The van der Waals surface area contributed by atoms with E-state index in [9.17, 15) is 14.7 Å². The second kappa shape index (κ2) is 4.08. The second-order valence-electron chi connectivity index (χ2n) is 4.73. The van der Waals surface area contributed by atoms with Crippen molar-refractivity contribution < 1.29 is 19.4 Å². The third-order valence-electron chi connectivity index (χ3n) is 2.17. The van der Waals surface area contributed by atoms with E-state index in [1.54, 1.807) is 20.8 Å². The molecular weight excluding hydrogens is 198 g/mol. The van der Waals surface area contributed by atoms with Crippen LogP contribution in [0.4, 0.5) is 4.79 Å². The molecule has 1 aliphatic heterocycles. The van der Waals surface area contributed by atoms with Crippen LogP contribution in [0.3, 0.4) is 0 Å². The first-order chi connectivity index (χ1) is 6.79. The van der Waals surface area contributed by atoms with Crippen LogP contribution < -0.4 is 5.11 Å². The molecule has 1 unspecified atom stereocenters. The fourth-order valence-corrected chi connectivity index (χ4v) is 1.44. The van der Waals surface area contributed by atoms with Gasteiger partial charge in [0.05, 0.1) is 0 Å². The number of carbonyl (C=O) groups excluding carboxylic acids is 2. The van der Waals surface area contributed by atoms with Gasteiger partial charge in [-0.15, -0.1) is 0 Å². The number of carboxylic acid groups (broad SMARTS) is 1. The highest BCUT2D eigenvalue weighted by atomic mass is 16.6. The van der Waals surface area contributed by atoms with E-state index in [4.69, 9.17) is 4.74 Å². The van der Waals surface area contributed by atoms with E-state index < -0.39 is 23.6 Å². The zero-order valence-electron chi connectivity index (χ0n) is 9.28. The first-order valence-electron chi connectivity index (χ1n) is 4.98. The lowest BCUT2D eigenvalue weighted by Crippen LogP contribution is -2.38. The maximum Gasteiger partial charge on any atom is 0.410 e. The van der Waals surface area contributed by atoms with Crippen LogP contribution in [-0.4, -0.2) is 35.7 Å². The predicted molar refractivity (Wildman–Crippen MR) is 50.9 cm³/mol. The standard InChI is InChI=1S/C10H17NO4/c1-10(2,3)15-9(14)11-5-4-7(6-11)8(12)13/h7H,4-6H2,1-3H3,(H,12,13)/p-1. The Morgan fingerprint density at radius 1 is 1.40 bits per heavy atom. The molecule has 1 aliphatic rings. The minimum absolute atomic E-state index is 0.192. The zero-order chi connectivity index (χ0) is 11.6. The second-order valence-corrected chi connectivity index (χ2v) is 4.73. The Labute approximate surface area is 89.0 Å². The lowest BCUT2D eigenvalue weighted by atomic mass is 10.1. The first kappa shape index (κ1) is 11.8. The van der Waals surface area contributed by atoms with Gasteiger partial charge in [0.25, 0.3) is 0 Å². The van der Waals surface area contributed by atoms with E-state index >= 15 is 0 Å². The molecule has 0 bridgehead atoms. The average molecular weight is 214 g/mol. The van der Waals surface area contributed by atoms with E-state index in [0.29, 0.717) is 13.0 Å². The summed E-state index contributed by atoms with van der Waals surface area (Å²) >= 11 is 0. The Hall–Kier alpha value is -1.26. The SMILES string of the molecule is CC(C)(C)OC(=O)N1CCC(C(=O)[O-])C1. The summed E-state index contributed by atoms with van der Waals surface area (Å²) in [7, 11) is 0. The van der Waals surface area contributed by atoms with Crippen LogP contribution in [0.5, 0.6) is 0 Å². The molecule has 0 aromatic carbocycles. The number of nitrogens with zero attached hydrogens (tertiary/aromatic N) is 1. The molecule has 15 heavy (non-hydrogen) atoms. The predicted octanol–water partition coefficient (Wildman–Crippen LogP) is -0.00670. The zero-order valence-corrected chi connectivity index (χ0v) is 9.28. The molecule has 1 amide bonds. The van der Waals surface area contributed by atoms with Crippen molar-refractivity contribution in [2.24, 2.45) is 5.92 Å². The fraction of sp³-hybridized carbons (Fsp3) is 0.800. The van der Waals surface area contributed by atoms with Crippen LogP contribution >= 0.6 is 0 Å². The number of hydrogen-bond acceptors (Lipinski definition) is 4. The summed E-state index contributed by atoms with van der Waals surface area (Å²) in [5, 5.41) is 10.6. The summed E-state index contributed by atoms with van der Waals surface area (Å²) in [6.45, 7) is 5.94. The Morgan fingerprint density at radius 3 is 2.40 bits per heavy atom. The lowest BCUT2D eigenvalue weighted by Gasteiger charge is -2.24. The molecule has 1 atom stereocenters. The normalized spacial score (nSPS) is 21.5. The van der Waals surface area contributed by atoms with E-state index in [0.717, 1.165) is 0 Å². The smallest absolute Gasteiger partial charge is 0.410 e. The Balaban J connectivity index is 2.47. The molecule has 0 N–H and O–H groups in total. The molecule has 0 aromatic heterocycles. The summed E-state index contributed by atoms with van der Waals surface area (Å²) in [6, 6.07) is 0. The highest BCUT2D eigenvalue weighted by molar-refractivity contribution is 5.73. The van der Waals surface area contributed by atoms with Gasteiger partial charge in [0.1, 0.15) is 5.60 Å². The van der Waals surface area contributed by atoms with Crippen molar-refractivity contribution in [2.75, 3.05) is 13.1 Å². The van der Waals surface area contributed by atoms with Gasteiger partial charge in [-0.1, -0.05) is 0 Å². The number of rotatable bonds is 1. The van der Waals surface area contributed by atoms with Crippen molar-refractivity contribution in [3.63, 3.8) is 0 Å². The van der Waals surface area contributed by atoms with Crippen molar-refractivity contribution in [1.29, 1.82) is 0 Å². The molecule has 1 fully saturated rings. The van der Waals surface area contributed by atoms with E-state index in [2.05, 4.69) is 0 Å². The summed E-state index contributed by atoms with van der Waals surface area (Å²) in [5.41, 5.74) is -0.545. The number of hydrogen-bond donors (Lipinski definition) is 0.